The number of carbonyl (C=O) groups excluding carboxylic acids is 1. The van der Waals surface area contributed by atoms with E-state index in [0.29, 0.717) is 28.0 Å². The molecule has 4 bridgehead atoms. The Morgan fingerprint density at radius 2 is 1.84 bits per heavy atom. The van der Waals surface area contributed by atoms with Crippen LogP contribution in [-0.4, -0.2) is 46.3 Å². The number of nitrogen functional groups attached to an aromatic ring is 1. The van der Waals surface area contributed by atoms with E-state index >= 15 is 0 Å². The van der Waals surface area contributed by atoms with Crippen molar-refractivity contribution in [1.82, 2.24) is 20.2 Å². The quantitative estimate of drug-likeness (QED) is 0.501. The van der Waals surface area contributed by atoms with Crippen LogP contribution in [0.3, 0.4) is 0 Å². The number of methoxy groups -OCH3 is 2. The average Bonchev–Trinajstić information content (AvgIpc) is 3.10. The lowest BCUT2D eigenvalue weighted by Crippen LogP contribution is -2.60. The van der Waals surface area contributed by atoms with E-state index in [-0.39, 0.29) is 17.2 Å². The number of amides is 1. The lowest BCUT2D eigenvalue weighted by molar-refractivity contribution is -0.124. The van der Waals surface area contributed by atoms with Gasteiger partial charge in [0.2, 0.25) is 11.1 Å². The molecule has 1 amide bonds. The van der Waals surface area contributed by atoms with Crippen molar-refractivity contribution in [3.8, 4) is 22.9 Å². The molecule has 166 valence electrons. The van der Waals surface area contributed by atoms with Gasteiger partial charge in [0.1, 0.15) is 11.5 Å². The van der Waals surface area contributed by atoms with Crippen LogP contribution in [0.1, 0.15) is 38.5 Å². The van der Waals surface area contributed by atoms with Gasteiger partial charge in [0.25, 0.3) is 0 Å². The van der Waals surface area contributed by atoms with Gasteiger partial charge in [0, 0.05) is 11.6 Å². The molecule has 0 radical (unpaired) electrons. The number of hydrogen-bond donors (Lipinski definition) is 2. The molecule has 1 heterocycles. The molecule has 0 spiro atoms. The van der Waals surface area contributed by atoms with E-state index in [1.165, 1.54) is 35.7 Å². The number of rotatable bonds is 7. The highest BCUT2D eigenvalue weighted by Gasteiger charge is 2.51. The number of nitrogens with one attached hydrogen (secondary N) is 1. The van der Waals surface area contributed by atoms with E-state index in [2.05, 4.69) is 15.5 Å². The highest BCUT2D eigenvalue weighted by atomic mass is 32.2. The summed E-state index contributed by atoms with van der Waals surface area (Å²) in [6.45, 7) is 0. The Morgan fingerprint density at radius 3 is 2.45 bits per heavy atom. The minimum absolute atomic E-state index is 0.0183. The summed E-state index contributed by atoms with van der Waals surface area (Å²) in [4.78, 5) is 12.8. The van der Waals surface area contributed by atoms with Gasteiger partial charge < -0.3 is 20.6 Å². The van der Waals surface area contributed by atoms with Crippen LogP contribution in [0.4, 0.5) is 0 Å². The van der Waals surface area contributed by atoms with Crippen molar-refractivity contribution >= 4 is 17.7 Å². The number of benzene rings is 1. The Morgan fingerprint density at radius 1 is 1.16 bits per heavy atom. The van der Waals surface area contributed by atoms with E-state index in [9.17, 15) is 4.79 Å². The predicted molar refractivity (Wildman–Crippen MR) is 118 cm³/mol. The highest BCUT2D eigenvalue weighted by molar-refractivity contribution is 7.99. The van der Waals surface area contributed by atoms with Crippen LogP contribution in [0, 0.1) is 17.8 Å². The molecule has 0 unspecified atom stereocenters. The van der Waals surface area contributed by atoms with Crippen LogP contribution in [0.25, 0.3) is 11.4 Å². The molecule has 1 aromatic carbocycles. The summed E-state index contributed by atoms with van der Waals surface area (Å²) >= 11 is 1.31. The largest absolute Gasteiger partial charge is 0.497 e. The second-order valence-corrected chi connectivity index (χ2v) is 10.2. The highest BCUT2D eigenvalue weighted by Crippen LogP contribution is 2.55. The molecule has 1 aromatic heterocycles. The Balaban J connectivity index is 1.25. The van der Waals surface area contributed by atoms with Gasteiger partial charge in [0.15, 0.2) is 5.82 Å². The van der Waals surface area contributed by atoms with Gasteiger partial charge in [0.05, 0.1) is 25.5 Å². The third kappa shape index (κ3) is 3.84. The number of ether oxygens (including phenoxy) is 2. The third-order valence-corrected chi connectivity index (χ3v) is 8.03. The van der Waals surface area contributed by atoms with Gasteiger partial charge in [-0.05, 0) is 68.4 Å². The van der Waals surface area contributed by atoms with Crippen molar-refractivity contribution in [3.05, 3.63) is 18.2 Å². The first kappa shape index (κ1) is 20.5. The summed E-state index contributed by atoms with van der Waals surface area (Å²) in [5.74, 6) is 10.7. The zero-order valence-electron chi connectivity index (χ0n) is 18.0. The first-order valence-electron chi connectivity index (χ1n) is 10.9. The predicted octanol–water partition coefficient (Wildman–Crippen LogP) is 2.85. The van der Waals surface area contributed by atoms with Crippen LogP contribution < -0.4 is 20.6 Å². The standard InChI is InChI=1S/C22H29N5O3S/c1-29-16-3-4-17(18(8-16)30-2)20-25-26-21(27(20)23)31-12-19(28)24-22-9-13-5-14(10-22)7-15(6-13)11-22/h3-4,8,13-15H,5-7,9-12,23H2,1-2H3,(H,24,28). The third-order valence-electron chi connectivity index (χ3n) is 7.09. The van der Waals surface area contributed by atoms with Gasteiger partial charge in [-0.25, -0.2) is 4.68 Å². The van der Waals surface area contributed by atoms with Crippen molar-refractivity contribution in [2.75, 3.05) is 25.8 Å². The second-order valence-electron chi connectivity index (χ2n) is 9.28. The van der Waals surface area contributed by atoms with Crippen molar-refractivity contribution in [3.63, 3.8) is 0 Å². The van der Waals surface area contributed by atoms with Crippen molar-refractivity contribution in [1.29, 1.82) is 0 Å². The van der Waals surface area contributed by atoms with Gasteiger partial charge in [-0.3, -0.25) is 4.79 Å². The summed E-state index contributed by atoms with van der Waals surface area (Å²) in [6, 6.07) is 5.42. The minimum atomic E-state index is 0.0183. The van der Waals surface area contributed by atoms with Crippen LogP contribution >= 0.6 is 11.8 Å². The fourth-order valence-corrected chi connectivity index (χ4v) is 6.92. The molecule has 0 atom stereocenters. The molecule has 4 aliphatic rings. The van der Waals surface area contributed by atoms with Gasteiger partial charge >= 0.3 is 0 Å². The maximum Gasteiger partial charge on any atom is 0.230 e. The molecule has 0 aliphatic heterocycles. The van der Waals surface area contributed by atoms with E-state index in [1.807, 2.05) is 12.1 Å². The van der Waals surface area contributed by atoms with E-state index in [0.717, 1.165) is 37.0 Å². The van der Waals surface area contributed by atoms with Crippen LogP contribution in [0.5, 0.6) is 11.5 Å². The van der Waals surface area contributed by atoms with Gasteiger partial charge in [-0.15, -0.1) is 10.2 Å². The monoisotopic (exact) mass is 443 g/mol. The Kier molecular flexibility index (Phi) is 5.24. The van der Waals surface area contributed by atoms with E-state index < -0.39 is 0 Å². The van der Waals surface area contributed by atoms with Crippen molar-refractivity contribution in [2.24, 2.45) is 17.8 Å². The number of nitrogens with zero attached hydrogens (tertiary/aromatic N) is 3. The minimum Gasteiger partial charge on any atom is -0.497 e. The van der Waals surface area contributed by atoms with E-state index in [4.69, 9.17) is 15.3 Å². The zero-order chi connectivity index (χ0) is 21.6. The summed E-state index contributed by atoms with van der Waals surface area (Å²) in [5.41, 5.74) is 0.730. The summed E-state index contributed by atoms with van der Waals surface area (Å²) < 4.78 is 12.1. The molecule has 4 fully saturated rings. The number of thioether (sulfide) groups is 1. The molecule has 4 saturated carbocycles. The fraction of sp³-hybridized carbons (Fsp3) is 0.591. The number of nitrogens with two attached hydrogens (primary N) is 1. The maximum atomic E-state index is 12.8. The normalized spacial score (nSPS) is 28.5. The SMILES string of the molecule is COc1ccc(-c2nnc(SCC(=O)NC34CC5CC(CC(C5)C3)C4)n2N)c(OC)c1. The average molecular weight is 444 g/mol. The molecule has 4 aliphatic carbocycles. The van der Waals surface area contributed by atoms with E-state index in [1.54, 1.807) is 20.3 Å². The van der Waals surface area contributed by atoms with Crippen LogP contribution in [-0.2, 0) is 4.79 Å². The fourth-order valence-electron chi connectivity index (χ4n) is 6.27. The lowest BCUT2D eigenvalue weighted by atomic mass is 9.53. The number of carbonyl (C=O) groups is 1. The van der Waals surface area contributed by atoms with Gasteiger partial charge in [-0.2, -0.15) is 0 Å². The van der Waals surface area contributed by atoms with Gasteiger partial charge in [-0.1, -0.05) is 11.8 Å². The Hall–Kier alpha value is -2.42. The molecular weight excluding hydrogens is 414 g/mol. The van der Waals surface area contributed by atoms with Crippen LogP contribution in [0.2, 0.25) is 0 Å². The molecule has 6 rings (SSSR count). The first-order chi connectivity index (χ1) is 15.0. The van der Waals surface area contributed by atoms with Crippen molar-refractivity contribution < 1.29 is 14.3 Å². The van der Waals surface area contributed by atoms with Crippen LogP contribution in [0.15, 0.2) is 23.4 Å². The topological polar surface area (TPSA) is 104 Å². The molecule has 3 N–H and O–H groups in total. The summed E-state index contributed by atoms with van der Waals surface area (Å²) in [6.07, 6.45) is 7.50. The molecule has 31 heavy (non-hydrogen) atoms. The smallest absolute Gasteiger partial charge is 0.230 e. The molecule has 9 heteroatoms. The molecule has 0 saturated heterocycles. The van der Waals surface area contributed by atoms with Crippen molar-refractivity contribution in [2.45, 2.75) is 49.2 Å². The Bertz CT molecular complexity index is 956. The maximum absolute atomic E-state index is 12.8. The number of hydrogen-bond acceptors (Lipinski definition) is 7. The molecule has 2 aromatic rings. The second kappa shape index (κ2) is 7.93. The summed E-state index contributed by atoms with van der Waals surface area (Å²) in [5, 5.41) is 12.3. The first-order valence-corrected chi connectivity index (χ1v) is 11.8. The Labute approximate surface area is 186 Å². The molecule has 8 nitrogen and oxygen atoms in total. The number of aromatic nitrogens is 3. The molecular formula is C22H29N5O3S. The zero-order valence-corrected chi connectivity index (χ0v) is 18.8. The lowest BCUT2D eigenvalue weighted by Gasteiger charge is -2.56. The summed E-state index contributed by atoms with van der Waals surface area (Å²) in [7, 11) is 3.18.